The van der Waals surface area contributed by atoms with Crippen molar-refractivity contribution < 1.29 is 19.1 Å². The van der Waals surface area contributed by atoms with Gasteiger partial charge in [-0.2, -0.15) is 0 Å². The zero-order chi connectivity index (χ0) is 25.5. The predicted octanol–water partition coefficient (Wildman–Crippen LogP) is 5.11. The van der Waals surface area contributed by atoms with Crippen molar-refractivity contribution in [1.29, 1.82) is 0 Å². The molecule has 1 aromatic carbocycles. The third kappa shape index (κ3) is 6.12. The maximum Gasteiger partial charge on any atom is 0.341 e. The maximum atomic E-state index is 12.7. The van der Waals surface area contributed by atoms with Crippen molar-refractivity contribution in [2.45, 2.75) is 52.4 Å². The fraction of sp³-hybridized carbons (Fsp3) is 0.360. The summed E-state index contributed by atoms with van der Waals surface area (Å²) in [4.78, 5) is 26.0. The first-order chi connectivity index (χ1) is 16.8. The molecule has 1 N–H and O–H groups in total. The number of carbonyl (C=O) groups is 2. The van der Waals surface area contributed by atoms with Crippen LogP contribution in [0.3, 0.4) is 0 Å². The molecule has 186 valence electrons. The normalized spacial score (nSPS) is 10.8. The van der Waals surface area contributed by atoms with E-state index < -0.39 is 5.97 Å². The molecule has 0 aliphatic heterocycles. The summed E-state index contributed by atoms with van der Waals surface area (Å²) in [5.74, 6) is 0.847. The van der Waals surface area contributed by atoms with Crippen molar-refractivity contribution >= 4 is 40.0 Å². The van der Waals surface area contributed by atoms with Crippen LogP contribution >= 0.6 is 23.1 Å². The Balaban J connectivity index is 1.69. The Morgan fingerprint density at radius 1 is 1.26 bits per heavy atom. The third-order valence-corrected chi connectivity index (χ3v) is 7.58. The van der Waals surface area contributed by atoms with E-state index in [2.05, 4.69) is 22.1 Å². The number of hydrogen-bond donors (Lipinski definition) is 1. The summed E-state index contributed by atoms with van der Waals surface area (Å²) >= 11 is 2.64. The number of nitrogens with zero attached hydrogens (tertiary/aromatic N) is 3. The van der Waals surface area contributed by atoms with Crippen LogP contribution in [0.25, 0.3) is 0 Å². The van der Waals surface area contributed by atoms with E-state index in [1.807, 2.05) is 50.5 Å². The summed E-state index contributed by atoms with van der Waals surface area (Å²) in [5.41, 5.74) is 3.55. The zero-order valence-corrected chi connectivity index (χ0v) is 22.3. The summed E-state index contributed by atoms with van der Waals surface area (Å²) in [6.45, 7) is 12.5. The predicted molar refractivity (Wildman–Crippen MR) is 140 cm³/mol. The molecule has 0 aliphatic rings. The summed E-state index contributed by atoms with van der Waals surface area (Å²) in [5, 5.41) is 12.5. The lowest BCUT2D eigenvalue weighted by molar-refractivity contribution is -0.113. The average Bonchev–Trinajstić information content (AvgIpc) is 3.37. The van der Waals surface area contributed by atoms with Crippen LogP contribution in [0.15, 0.2) is 36.0 Å². The van der Waals surface area contributed by atoms with Crippen LogP contribution in [0.1, 0.15) is 44.7 Å². The second kappa shape index (κ2) is 12.0. The van der Waals surface area contributed by atoms with E-state index in [0.29, 0.717) is 34.5 Å². The Bertz CT molecular complexity index is 1230. The van der Waals surface area contributed by atoms with Crippen LogP contribution < -0.4 is 10.1 Å². The van der Waals surface area contributed by atoms with Gasteiger partial charge in [0.05, 0.1) is 18.4 Å². The largest absolute Gasteiger partial charge is 0.485 e. The van der Waals surface area contributed by atoms with Crippen molar-refractivity contribution in [3.05, 3.63) is 63.8 Å². The van der Waals surface area contributed by atoms with Crippen LogP contribution in [-0.2, 0) is 29.1 Å². The first-order valence-electron chi connectivity index (χ1n) is 11.2. The highest BCUT2D eigenvalue weighted by Gasteiger charge is 2.23. The quantitative estimate of drug-likeness (QED) is 0.216. The molecule has 8 nitrogen and oxygen atoms in total. The van der Waals surface area contributed by atoms with Gasteiger partial charge in [-0.25, -0.2) is 4.79 Å². The fourth-order valence-electron chi connectivity index (χ4n) is 3.57. The van der Waals surface area contributed by atoms with E-state index in [1.165, 1.54) is 30.2 Å². The molecule has 3 rings (SSSR count). The van der Waals surface area contributed by atoms with E-state index in [4.69, 9.17) is 9.47 Å². The van der Waals surface area contributed by atoms with Gasteiger partial charge in [0.25, 0.3) is 0 Å². The van der Waals surface area contributed by atoms with E-state index in [9.17, 15) is 9.59 Å². The van der Waals surface area contributed by atoms with Crippen molar-refractivity contribution in [3.8, 4) is 5.75 Å². The molecule has 1 amide bonds. The molecule has 2 aromatic heterocycles. The number of aromatic nitrogens is 3. The lowest BCUT2D eigenvalue weighted by atomic mass is 10.1. The van der Waals surface area contributed by atoms with Gasteiger partial charge in [-0.1, -0.05) is 36.9 Å². The van der Waals surface area contributed by atoms with Gasteiger partial charge >= 0.3 is 5.97 Å². The highest BCUT2D eigenvalue weighted by Crippen LogP contribution is 2.34. The molecule has 0 aliphatic carbocycles. The van der Waals surface area contributed by atoms with E-state index in [1.54, 1.807) is 6.08 Å². The Morgan fingerprint density at radius 3 is 2.71 bits per heavy atom. The highest BCUT2D eigenvalue weighted by atomic mass is 32.2. The molecule has 0 spiro atoms. The Labute approximate surface area is 213 Å². The number of ether oxygens (including phenoxy) is 2. The number of thioether (sulfide) groups is 1. The molecule has 0 radical (unpaired) electrons. The van der Waals surface area contributed by atoms with Crippen LogP contribution in [0.5, 0.6) is 5.75 Å². The minimum absolute atomic E-state index is 0.103. The number of benzene rings is 1. The second-order valence-electron chi connectivity index (χ2n) is 7.81. The number of amides is 1. The van der Waals surface area contributed by atoms with Crippen LogP contribution in [0.2, 0.25) is 0 Å². The summed E-state index contributed by atoms with van der Waals surface area (Å²) in [6, 6.07) is 5.92. The van der Waals surface area contributed by atoms with Crippen molar-refractivity contribution in [3.63, 3.8) is 0 Å². The number of rotatable bonds is 11. The second-order valence-corrected chi connectivity index (χ2v) is 9.97. The average molecular weight is 515 g/mol. The molecule has 35 heavy (non-hydrogen) atoms. The first-order valence-corrected chi connectivity index (χ1v) is 13.0. The van der Waals surface area contributed by atoms with Crippen molar-refractivity contribution in [2.75, 3.05) is 18.2 Å². The first kappa shape index (κ1) is 26.5. The van der Waals surface area contributed by atoms with Gasteiger partial charge in [0.1, 0.15) is 17.4 Å². The standard InChI is InChI=1S/C25H30N4O4S2/c1-7-12-29-20(13-33-19-11-9-10-15(3)16(19)4)27-28-25(29)34-14-21(30)26-23-22(24(31)32-6)18(8-2)17(5)35-23/h7,9-11H,1,8,12-14H2,2-6H3,(H,26,30). The van der Waals surface area contributed by atoms with E-state index >= 15 is 0 Å². The number of methoxy groups -OCH3 is 1. The van der Waals surface area contributed by atoms with Gasteiger partial charge < -0.3 is 14.8 Å². The SMILES string of the molecule is C=CCn1c(COc2cccc(C)c2C)nnc1SCC(=O)Nc1sc(C)c(CC)c1C(=O)OC. The van der Waals surface area contributed by atoms with Crippen LogP contribution in [0.4, 0.5) is 5.00 Å². The number of thiophene rings is 1. The topological polar surface area (TPSA) is 95.3 Å². The van der Waals surface area contributed by atoms with Gasteiger partial charge in [0, 0.05) is 11.4 Å². The molecule has 0 saturated carbocycles. The van der Waals surface area contributed by atoms with Gasteiger partial charge in [-0.3, -0.25) is 9.36 Å². The number of nitrogens with one attached hydrogen (secondary N) is 1. The van der Waals surface area contributed by atoms with Crippen LogP contribution in [-0.4, -0.2) is 39.5 Å². The van der Waals surface area contributed by atoms with Gasteiger partial charge in [0.15, 0.2) is 11.0 Å². The monoisotopic (exact) mass is 514 g/mol. The highest BCUT2D eigenvalue weighted by molar-refractivity contribution is 7.99. The summed E-state index contributed by atoms with van der Waals surface area (Å²) < 4.78 is 12.8. The summed E-state index contributed by atoms with van der Waals surface area (Å²) in [6.07, 6.45) is 2.42. The number of aryl methyl sites for hydroxylation is 2. The summed E-state index contributed by atoms with van der Waals surface area (Å²) in [7, 11) is 1.34. The molecule has 10 heteroatoms. The number of allylic oxidation sites excluding steroid dienone is 1. The van der Waals surface area contributed by atoms with E-state index in [-0.39, 0.29) is 18.3 Å². The lowest BCUT2D eigenvalue weighted by Crippen LogP contribution is -2.17. The number of hydrogen-bond acceptors (Lipinski definition) is 8. The molecule has 0 fully saturated rings. The minimum atomic E-state index is -0.451. The van der Waals surface area contributed by atoms with E-state index in [0.717, 1.165) is 27.3 Å². The molecule has 0 unspecified atom stereocenters. The minimum Gasteiger partial charge on any atom is -0.485 e. The Kier molecular flexibility index (Phi) is 9.11. The molecule has 2 heterocycles. The van der Waals surface area contributed by atoms with Crippen molar-refractivity contribution in [1.82, 2.24) is 14.8 Å². The van der Waals surface area contributed by atoms with Crippen molar-refractivity contribution in [2.24, 2.45) is 0 Å². The maximum absolute atomic E-state index is 12.7. The number of esters is 1. The number of anilines is 1. The third-order valence-electron chi connectivity index (χ3n) is 5.55. The van der Waals surface area contributed by atoms with Crippen LogP contribution in [0, 0.1) is 20.8 Å². The number of carbonyl (C=O) groups excluding carboxylic acids is 2. The smallest absolute Gasteiger partial charge is 0.341 e. The molecular formula is C25H30N4O4S2. The molecule has 0 bridgehead atoms. The van der Waals surface area contributed by atoms with Gasteiger partial charge in [-0.15, -0.1) is 28.1 Å². The molecule has 0 saturated heterocycles. The molecule has 3 aromatic rings. The lowest BCUT2D eigenvalue weighted by Gasteiger charge is -2.12. The Hall–Kier alpha value is -3.11. The Morgan fingerprint density at radius 2 is 2.03 bits per heavy atom. The zero-order valence-electron chi connectivity index (χ0n) is 20.6. The molecule has 0 atom stereocenters. The van der Waals surface area contributed by atoms with Gasteiger partial charge in [-0.05, 0) is 49.9 Å². The molecular weight excluding hydrogens is 484 g/mol. The van der Waals surface area contributed by atoms with Gasteiger partial charge in [0.2, 0.25) is 5.91 Å². The fourth-order valence-corrected chi connectivity index (χ4v) is 5.49.